The van der Waals surface area contributed by atoms with Crippen LogP contribution >= 0.6 is 11.9 Å². The first kappa shape index (κ1) is 16.9. The number of allylic oxidation sites excluding steroid dienone is 2. The Morgan fingerprint density at radius 3 is 2.83 bits per heavy atom. The molecule has 0 fully saturated rings. The van der Waals surface area contributed by atoms with Gasteiger partial charge in [0.15, 0.2) is 0 Å². The third kappa shape index (κ3) is 3.77. The molecule has 0 radical (unpaired) electrons. The molecule has 3 rings (SSSR count). The second-order valence-electron chi connectivity index (χ2n) is 6.94. The van der Waals surface area contributed by atoms with Gasteiger partial charge in [0.05, 0.1) is 5.69 Å². The molecule has 0 bridgehead atoms. The molecule has 2 nitrogen and oxygen atoms in total. The SMILES string of the molecule is CCCCC1(CC)CN(C2=CCCCC2)c2ccccc2SN1. The first-order valence-corrected chi connectivity index (χ1v) is 10.1. The van der Waals surface area contributed by atoms with E-state index >= 15 is 0 Å². The zero-order chi connectivity index (χ0) is 16.1. The van der Waals surface area contributed by atoms with Crippen molar-refractivity contribution in [3.63, 3.8) is 0 Å². The summed E-state index contributed by atoms with van der Waals surface area (Å²) in [5, 5.41) is 0. The fraction of sp³-hybridized carbons (Fsp3) is 0.600. The maximum atomic E-state index is 3.85. The van der Waals surface area contributed by atoms with E-state index in [1.165, 1.54) is 61.9 Å². The molecule has 0 spiro atoms. The van der Waals surface area contributed by atoms with Crippen molar-refractivity contribution in [3.05, 3.63) is 36.0 Å². The highest BCUT2D eigenvalue weighted by molar-refractivity contribution is 7.97. The van der Waals surface area contributed by atoms with Crippen LogP contribution in [0.25, 0.3) is 0 Å². The fourth-order valence-corrected chi connectivity index (χ4v) is 4.75. The van der Waals surface area contributed by atoms with Crippen LogP contribution in [0.4, 0.5) is 5.69 Å². The third-order valence-corrected chi connectivity index (χ3v) is 6.39. The maximum Gasteiger partial charge on any atom is 0.0560 e. The molecule has 1 atom stereocenters. The molecule has 1 aromatic carbocycles. The van der Waals surface area contributed by atoms with Crippen LogP contribution in [0.3, 0.4) is 0 Å². The minimum atomic E-state index is 0.206. The van der Waals surface area contributed by atoms with Crippen LogP contribution < -0.4 is 9.62 Å². The number of anilines is 1. The lowest BCUT2D eigenvalue weighted by atomic mass is 9.89. The van der Waals surface area contributed by atoms with Gasteiger partial charge in [-0.15, -0.1) is 0 Å². The Hall–Kier alpha value is -0.930. The molecule has 1 aliphatic heterocycles. The van der Waals surface area contributed by atoms with Crippen molar-refractivity contribution in [1.29, 1.82) is 0 Å². The monoisotopic (exact) mass is 330 g/mol. The molecule has 1 aromatic rings. The summed E-state index contributed by atoms with van der Waals surface area (Å²) < 4.78 is 3.85. The molecule has 2 aliphatic rings. The summed E-state index contributed by atoms with van der Waals surface area (Å²) in [7, 11) is 0. The lowest BCUT2D eigenvalue weighted by Crippen LogP contribution is -2.49. The van der Waals surface area contributed by atoms with E-state index in [1.807, 2.05) is 11.9 Å². The van der Waals surface area contributed by atoms with Crippen LogP contribution in [0.5, 0.6) is 0 Å². The summed E-state index contributed by atoms with van der Waals surface area (Å²) in [5.41, 5.74) is 3.14. The molecule has 0 amide bonds. The second kappa shape index (κ2) is 7.76. The number of rotatable bonds is 5. The molecule has 126 valence electrons. The van der Waals surface area contributed by atoms with Crippen molar-refractivity contribution in [2.75, 3.05) is 11.4 Å². The van der Waals surface area contributed by atoms with Gasteiger partial charge in [0.2, 0.25) is 0 Å². The largest absolute Gasteiger partial charge is 0.343 e. The number of benzene rings is 1. The van der Waals surface area contributed by atoms with Gasteiger partial charge in [-0.3, -0.25) is 4.72 Å². The Balaban J connectivity index is 1.95. The third-order valence-electron chi connectivity index (χ3n) is 5.29. The van der Waals surface area contributed by atoms with Crippen LogP contribution in [0.15, 0.2) is 40.9 Å². The minimum Gasteiger partial charge on any atom is -0.343 e. The van der Waals surface area contributed by atoms with Gasteiger partial charge in [0.1, 0.15) is 0 Å². The Bertz CT molecular complexity index is 554. The predicted octanol–water partition coefficient (Wildman–Crippen LogP) is 5.90. The average molecular weight is 331 g/mol. The highest BCUT2D eigenvalue weighted by atomic mass is 32.2. The van der Waals surface area contributed by atoms with E-state index in [9.17, 15) is 0 Å². The molecular weight excluding hydrogens is 300 g/mol. The van der Waals surface area contributed by atoms with Gasteiger partial charge in [-0.1, -0.05) is 44.9 Å². The van der Waals surface area contributed by atoms with Gasteiger partial charge in [-0.2, -0.15) is 0 Å². The summed E-state index contributed by atoms with van der Waals surface area (Å²) >= 11 is 1.84. The van der Waals surface area contributed by atoms with E-state index in [0.717, 1.165) is 6.54 Å². The van der Waals surface area contributed by atoms with Crippen molar-refractivity contribution < 1.29 is 0 Å². The van der Waals surface area contributed by atoms with E-state index in [0.29, 0.717) is 0 Å². The Kier molecular flexibility index (Phi) is 5.71. The van der Waals surface area contributed by atoms with Gasteiger partial charge < -0.3 is 4.90 Å². The predicted molar refractivity (Wildman–Crippen MR) is 102 cm³/mol. The molecule has 3 heteroatoms. The van der Waals surface area contributed by atoms with Crippen LogP contribution in [-0.2, 0) is 0 Å². The first-order chi connectivity index (χ1) is 11.3. The van der Waals surface area contributed by atoms with Crippen molar-refractivity contribution in [1.82, 2.24) is 4.72 Å². The molecule has 0 aromatic heterocycles. The number of para-hydroxylation sites is 1. The van der Waals surface area contributed by atoms with Gasteiger partial charge in [0.25, 0.3) is 0 Å². The van der Waals surface area contributed by atoms with E-state index in [4.69, 9.17) is 0 Å². The highest BCUT2D eigenvalue weighted by Crippen LogP contribution is 2.40. The number of hydrogen-bond donors (Lipinski definition) is 1. The molecule has 0 saturated heterocycles. The molecule has 23 heavy (non-hydrogen) atoms. The van der Waals surface area contributed by atoms with Crippen molar-refractivity contribution in [2.24, 2.45) is 0 Å². The van der Waals surface area contributed by atoms with Gasteiger partial charge >= 0.3 is 0 Å². The number of nitrogens with zero attached hydrogens (tertiary/aromatic N) is 1. The zero-order valence-corrected chi connectivity index (χ0v) is 15.4. The second-order valence-corrected chi connectivity index (χ2v) is 7.78. The fourth-order valence-electron chi connectivity index (χ4n) is 3.68. The molecule has 1 aliphatic carbocycles. The number of unbranched alkanes of at least 4 members (excludes halogenated alkanes) is 1. The molecular formula is C20H30N2S. The maximum absolute atomic E-state index is 3.85. The number of fused-ring (bicyclic) bond motifs is 1. The van der Waals surface area contributed by atoms with Crippen LogP contribution in [0.2, 0.25) is 0 Å². The summed E-state index contributed by atoms with van der Waals surface area (Å²) in [5.74, 6) is 0. The quantitative estimate of drug-likeness (QED) is 0.677. The average Bonchev–Trinajstić information content (AvgIpc) is 2.79. The van der Waals surface area contributed by atoms with Crippen molar-refractivity contribution in [3.8, 4) is 0 Å². The van der Waals surface area contributed by atoms with E-state index in [1.54, 1.807) is 5.70 Å². The lowest BCUT2D eigenvalue weighted by Gasteiger charge is -2.38. The van der Waals surface area contributed by atoms with Crippen LogP contribution in [0.1, 0.15) is 65.2 Å². The Labute approximate surface area is 145 Å². The topological polar surface area (TPSA) is 15.3 Å². The summed E-state index contributed by atoms with van der Waals surface area (Å²) in [6.07, 6.45) is 12.6. The lowest BCUT2D eigenvalue weighted by molar-refractivity contribution is 0.347. The Morgan fingerprint density at radius 1 is 1.22 bits per heavy atom. The molecule has 1 unspecified atom stereocenters. The van der Waals surface area contributed by atoms with Crippen molar-refractivity contribution in [2.45, 2.75) is 75.6 Å². The molecule has 0 saturated carbocycles. The minimum absolute atomic E-state index is 0.206. The molecule has 1 heterocycles. The van der Waals surface area contributed by atoms with Gasteiger partial charge in [-0.05, 0) is 62.6 Å². The first-order valence-electron chi connectivity index (χ1n) is 9.27. The standard InChI is InChI=1S/C20H30N2S/c1-3-5-15-20(4-2)16-22(17-11-7-6-8-12-17)18-13-9-10-14-19(18)23-21-20/h9-11,13-14,21H,3-8,12,15-16H2,1-2H3. The van der Waals surface area contributed by atoms with E-state index in [-0.39, 0.29) is 5.54 Å². The highest BCUT2D eigenvalue weighted by Gasteiger charge is 2.35. The Morgan fingerprint density at radius 2 is 2.09 bits per heavy atom. The number of hydrogen-bond acceptors (Lipinski definition) is 3. The van der Waals surface area contributed by atoms with Crippen LogP contribution in [0, 0.1) is 0 Å². The normalized spacial score (nSPS) is 24.8. The number of nitrogens with one attached hydrogen (secondary N) is 1. The zero-order valence-electron chi connectivity index (χ0n) is 14.6. The van der Waals surface area contributed by atoms with E-state index < -0.39 is 0 Å². The summed E-state index contributed by atoms with van der Waals surface area (Å²) in [4.78, 5) is 3.99. The van der Waals surface area contributed by atoms with Crippen molar-refractivity contribution >= 4 is 17.6 Å². The van der Waals surface area contributed by atoms with Gasteiger partial charge in [0, 0.05) is 22.7 Å². The summed E-state index contributed by atoms with van der Waals surface area (Å²) in [6.45, 7) is 5.73. The smallest absolute Gasteiger partial charge is 0.0560 e. The van der Waals surface area contributed by atoms with Gasteiger partial charge in [-0.25, -0.2) is 0 Å². The molecule has 1 N–H and O–H groups in total. The summed E-state index contributed by atoms with van der Waals surface area (Å²) in [6, 6.07) is 8.90. The van der Waals surface area contributed by atoms with Crippen LogP contribution in [-0.4, -0.2) is 12.1 Å². The van der Waals surface area contributed by atoms with E-state index in [2.05, 4.69) is 53.8 Å².